The van der Waals surface area contributed by atoms with Crippen molar-refractivity contribution < 1.29 is 4.79 Å². The van der Waals surface area contributed by atoms with Crippen molar-refractivity contribution in [1.29, 1.82) is 0 Å². The van der Waals surface area contributed by atoms with Crippen LogP contribution in [0.1, 0.15) is 12.0 Å². The minimum atomic E-state index is -0.0895. The number of fused-ring (bicyclic) bond motifs is 1. The van der Waals surface area contributed by atoms with Crippen LogP contribution in [0, 0.1) is 0 Å². The molecule has 2 heterocycles. The van der Waals surface area contributed by atoms with Crippen molar-refractivity contribution in [2.45, 2.75) is 19.4 Å². The van der Waals surface area contributed by atoms with Crippen molar-refractivity contribution in [2.24, 2.45) is 0 Å². The molecule has 3 aromatic rings. The van der Waals surface area contributed by atoms with Crippen molar-refractivity contribution in [3.63, 3.8) is 0 Å². The van der Waals surface area contributed by atoms with Crippen LogP contribution in [0.4, 0.5) is 0 Å². The van der Waals surface area contributed by atoms with Gasteiger partial charge in [-0.05, 0) is 23.4 Å². The molecule has 0 aliphatic rings. The van der Waals surface area contributed by atoms with E-state index in [1.807, 2.05) is 35.7 Å². The number of nitrogens with one attached hydrogen (secondary N) is 1. The van der Waals surface area contributed by atoms with Crippen LogP contribution in [0.15, 0.2) is 52.9 Å². The van der Waals surface area contributed by atoms with Crippen molar-refractivity contribution in [2.75, 3.05) is 6.54 Å². The maximum atomic E-state index is 12.2. The predicted molar refractivity (Wildman–Crippen MR) is 91.7 cm³/mol. The van der Waals surface area contributed by atoms with E-state index in [-0.39, 0.29) is 17.9 Å². The maximum Gasteiger partial charge on any atom is 0.262 e. The Bertz CT molecular complexity index is 855. The smallest absolute Gasteiger partial charge is 0.262 e. The SMILES string of the molecule is O=C(CCn1cnc2sccc2c1=O)NCCc1ccccc1. The minimum absolute atomic E-state index is 0.0572. The molecule has 0 saturated carbocycles. The molecule has 0 aliphatic carbocycles. The number of carbonyl (C=O) groups excluding carboxylic acids is 1. The van der Waals surface area contributed by atoms with Crippen molar-refractivity contribution >= 4 is 27.5 Å². The average Bonchev–Trinajstić information content (AvgIpc) is 3.05. The standard InChI is InChI=1S/C17H17N3O2S/c21-15(18-9-6-13-4-2-1-3-5-13)7-10-20-12-19-16-14(17(20)22)8-11-23-16/h1-5,8,11-12H,6-7,9-10H2,(H,18,21). The Balaban J connectivity index is 1.50. The summed E-state index contributed by atoms with van der Waals surface area (Å²) in [6.45, 7) is 0.939. The number of benzene rings is 1. The summed E-state index contributed by atoms with van der Waals surface area (Å²) in [7, 11) is 0. The third-order valence-electron chi connectivity index (χ3n) is 3.61. The highest BCUT2D eigenvalue weighted by Crippen LogP contribution is 2.13. The Kier molecular flexibility index (Phi) is 4.83. The normalized spacial score (nSPS) is 10.8. The molecule has 23 heavy (non-hydrogen) atoms. The number of hydrogen-bond acceptors (Lipinski definition) is 4. The van der Waals surface area contributed by atoms with Gasteiger partial charge in [-0.25, -0.2) is 4.98 Å². The molecule has 6 heteroatoms. The lowest BCUT2D eigenvalue weighted by atomic mass is 10.1. The third-order valence-corrected chi connectivity index (χ3v) is 4.43. The first kappa shape index (κ1) is 15.4. The number of rotatable bonds is 6. The molecule has 0 fully saturated rings. The Morgan fingerprint density at radius 2 is 2.04 bits per heavy atom. The van der Waals surface area contributed by atoms with Crippen molar-refractivity contribution in [1.82, 2.24) is 14.9 Å². The van der Waals surface area contributed by atoms with Gasteiger partial charge >= 0.3 is 0 Å². The van der Waals surface area contributed by atoms with Gasteiger partial charge < -0.3 is 5.32 Å². The van der Waals surface area contributed by atoms with E-state index in [4.69, 9.17) is 0 Å². The van der Waals surface area contributed by atoms with Crippen molar-refractivity contribution in [3.05, 3.63) is 64.0 Å². The molecule has 0 unspecified atom stereocenters. The summed E-state index contributed by atoms with van der Waals surface area (Å²) in [4.78, 5) is 29.1. The quantitative estimate of drug-likeness (QED) is 0.755. The van der Waals surface area contributed by atoms with Crippen molar-refractivity contribution in [3.8, 4) is 0 Å². The lowest BCUT2D eigenvalue weighted by Gasteiger charge is -2.07. The molecule has 3 rings (SSSR count). The van der Waals surface area contributed by atoms with E-state index in [1.165, 1.54) is 27.8 Å². The molecule has 2 aromatic heterocycles. The van der Waals surface area contributed by atoms with E-state index < -0.39 is 0 Å². The zero-order valence-electron chi connectivity index (χ0n) is 12.6. The number of hydrogen-bond donors (Lipinski definition) is 1. The number of aryl methyl sites for hydroxylation is 1. The minimum Gasteiger partial charge on any atom is -0.356 e. The summed E-state index contributed by atoms with van der Waals surface area (Å²) in [6.07, 6.45) is 2.58. The van der Waals surface area contributed by atoms with Gasteiger partial charge in [0.15, 0.2) is 0 Å². The largest absolute Gasteiger partial charge is 0.356 e. The average molecular weight is 327 g/mol. The Morgan fingerprint density at radius 3 is 2.87 bits per heavy atom. The maximum absolute atomic E-state index is 12.2. The second-order valence-corrected chi connectivity index (χ2v) is 6.11. The van der Waals surface area contributed by atoms with E-state index in [0.717, 1.165) is 11.3 Å². The number of thiophene rings is 1. The van der Waals surface area contributed by atoms with E-state index in [9.17, 15) is 9.59 Å². The van der Waals surface area contributed by atoms with Gasteiger partial charge in [-0.1, -0.05) is 30.3 Å². The van der Waals surface area contributed by atoms with Gasteiger partial charge in [-0.3, -0.25) is 14.2 Å². The highest BCUT2D eigenvalue weighted by molar-refractivity contribution is 7.16. The molecule has 0 spiro atoms. The van der Waals surface area contributed by atoms with Gasteiger partial charge in [0, 0.05) is 19.5 Å². The van der Waals surface area contributed by atoms with Gasteiger partial charge in [-0.2, -0.15) is 0 Å². The first-order valence-electron chi connectivity index (χ1n) is 7.47. The molecule has 5 nitrogen and oxygen atoms in total. The molecule has 0 saturated heterocycles. The van der Waals surface area contributed by atoms with E-state index in [0.29, 0.717) is 18.5 Å². The fraction of sp³-hybridized carbons (Fsp3) is 0.235. The van der Waals surface area contributed by atoms with Crippen LogP contribution in [0.3, 0.4) is 0 Å². The molecule has 1 amide bonds. The molecule has 0 aliphatic heterocycles. The van der Waals surface area contributed by atoms with Crippen LogP contribution in [0.2, 0.25) is 0 Å². The fourth-order valence-electron chi connectivity index (χ4n) is 2.35. The Morgan fingerprint density at radius 1 is 1.22 bits per heavy atom. The van der Waals surface area contributed by atoms with E-state index >= 15 is 0 Å². The fourth-order valence-corrected chi connectivity index (χ4v) is 3.08. The highest BCUT2D eigenvalue weighted by Gasteiger charge is 2.07. The first-order valence-corrected chi connectivity index (χ1v) is 8.35. The van der Waals surface area contributed by atoms with Crippen LogP contribution in [-0.2, 0) is 17.8 Å². The topological polar surface area (TPSA) is 64.0 Å². The molecule has 0 atom stereocenters. The van der Waals surface area contributed by atoms with Gasteiger partial charge in [0.05, 0.1) is 11.7 Å². The molecule has 0 radical (unpaired) electrons. The number of nitrogens with zero attached hydrogens (tertiary/aromatic N) is 2. The van der Waals surface area contributed by atoms with Crippen LogP contribution >= 0.6 is 11.3 Å². The zero-order chi connectivity index (χ0) is 16.1. The Hall–Kier alpha value is -2.47. The number of aromatic nitrogens is 2. The summed E-state index contributed by atoms with van der Waals surface area (Å²) in [5, 5.41) is 5.34. The van der Waals surface area contributed by atoms with Crippen LogP contribution in [0.25, 0.3) is 10.2 Å². The van der Waals surface area contributed by atoms with Crippen LogP contribution < -0.4 is 10.9 Å². The lowest BCUT2D eigenvalue weighted by molar-refractivity contribution is -0.121. The number of amides is 1. The van der Waals surface area contributed by atoms with Gasteiger partial charge in [0.2, 0.25) is 5.91 Å². The molecular formula is C17H17N3O2S. The zero-order valence-corrected chi connectivity index (χ0v) is 13.4. The molecule has 1 N–H and O–H groups in total. The number of carbonyl (C=O) groups is 1. The second kappa shape index (κ2) is 7.19. The van der Waals surface area contributed by atoms with Gasteiger partial charge in [0.25, 0.3) is 5.56 Å². The van der Waals surface area contributed by atoms with E-state index in [1.54, 1.807) is 6.07 Å². The monoisotopic (exact) mass is 327 g/mol. The summed E-state index contributed by atoms with van der Waals surface area (Å²) in [5.41, 5.74) is 1.10. The predicted octanol–water partition coefficient (Wildman–Crippen LogP) is 2.21. The molecule has 1 aromatic carbocycles. The second-order valence-electron chi connectivity index (χ2n) is 5.22. The molecule has 0 bridgehead atoms. The van der Waals surface area contributed by atoms with Gasteiger partial charge in [-0.15, -0.1) is 11.3 Å². The van der Waals surface area contributed by atoms with Gasteiger partial charge in [0.1, 0.15) is 4.83 Å². The van der Waals surface area contributed by atoms with Crippen LogP contribution in [-0.4, -0.2) is 22.0 Å². The Labute approximate surface area is 137 Å². The molecular weight excluding hydrogens is 310 g/mol. The first-order chi connectivity index (χ1) is 11.2. The third kappa shape index (κ3) is 3.84. The highest BCUT2D eigenvalue weighted by atomic mass is 32.1. The van der Waals surface area contributed by atoms with E-state index in [2.05, 4.69) is 10.3 Å². The molecule has 118 valence electrons. The van der Waals surface area contributed by atoms with Crippen LogP contribution in [0.5, 0.6) is 0 Å². The summed E-state index contributed by atoms with van der Waals surface area (Å²) in [6, 6.07) is 11.8. The lowest BCUT2D eigenvalue weighted by Crippen LogP contribution is -2.28. The summed E-state index contributed by atoms with van der Waals surface area (Å²) >= 11 is 1.44. The summed E-state index contributed by atoms with van der Waals surface area (Å²) in [5.74, 6) is -0.0572. The summed E-state index contributed by atoms with van der Waals surface area (Å²) < 4.78 is 1.49.